The van der Waals surface area contributed by atoms with E-state index >= 15 is 0 Å². The van der Waals surface area contributed by atoms with E-state index in [1.165, 1.54) is 12.6 Å². The summed E-state index contributed by atoms with van der Waals surface area (Å²) in [5.41, 5.74) is 3.38. The topological polar surface area (TPSA) is 38.7 Å². The molecule has 0 heterocycles. The van der Waals surface area contributed by atoms with Crippen LogP contribution in [0.3, 0.4) is 0 Å². The predicted octanol–water partition coefficient (Wildman–Crippen LogP) is 6.88. The molecule has 1 unspecified atom stereocenters. The summed E-state index contributed by atoms with van der Waals surface area (Å²) in [6, 6.07) is 30.6. The molecule has 0 spiro atoms. The highest BCUT2D eigenvalue weighted by Crippen LogP contribution is 2.39. The third-order valence-electron chi connectivity index (χ3n) is 6.00. The molecule has 4 rings (SSSR count). The minimum absolute atomic E-state index is 0.0255. The van der Waals surface area contributed by atoms with Crippen molar-refractivity contribution in [2.24, 2.45) is 4.99 Å². The summed E-state index contributed by atoms with van der Waals surface area (Å²) >= 11 is 3.66. The second kappa shape index (κ2) is 11.2. The van der Waals surface area contributed by atoms with Crippen molar-refractivity contribution in [2.75, 3.05) is 0 Å². The molecule has 32 heavy (non-hydrogen) atoms. The molecular weight excluding hydrogens is 462 g/mol. The molecule has 0 aromatic heterocycles. The van der Waals surface area contributed by atoms with Gasteiger partial charge in [0.15, 0.2) is 0 Å². The number of nitrogens with zero attached hydrogens (tertiary/aromatic N) is 1. The average molecular weight is 490 g/mol. The molecule has 0 radical (unpaired) electrons. The van der Waals surface area contributed by atoms with E-state index in [9.17, 15) is 4.79 Å². The summed E-state index contributed by atoms with van der Waals surface area (Å²) in [6.45, 7) is 0. The number of benzene rings is 3. The lowest BCUT2D eigenvalue weighted by Crippen LogP contribution is -2.30. The van der Waals surface area contributed by atoms with Gasteiger partial charge in [-0.25, -0.2) is 4.79 Å². The third-order valence-corrected chi connectivity index (χ3v) is 7.05. The molecule has 0 bridgehead atoms. The molecule has 1 aliphatic carbocycles. The summed E-state index contributed by atoms with van der Waals surface area (Å²) in [5, 5.41) is 0. The van der Waals surface area contributed by atoms with Crippen molar-refractivity contribution in [1.82, 2.24) is 0 Å². The molecule has 3 atom stereocenters. The van der Waals surface area contributed by atoms with Crippen LogP contribution in [0.4, 0.5) is 0 Å². The second-order valence-corrected chi connectivity index (χ2v) is 9.38. The highest BCUT2D eigenvalue weighted by molar-refractivity contribution is 9.09. The zero-order valence-electron chi connectivity index (χ0n) is 18.0. The Morgan fingerprint density at radius 3 is 1.84 bits per heavy atom. The van der Waals surface area contributed by atoms with Crippen molar-refractivity contribution in [3.8, 4) is 0 Å². The number of rotatable bonds is 7. The van der Waals surface area contributed by atoms with Crippen LogP contribution >= 0.6 is 15.9 Å². The van der Waals surface area contributed by atoms with E-state index in [-0.39, 0.29) is 28.9 Å². The van der Waals surface area contributed by atoms with E-state index in [4.69, 9.17) is 9.73 Å². The summed E-state index contributed by atoms with van der Waals surface area (Å²) in [4.78, 5) is 17.7. The number of ether oxygens (including phenoxy) is 1. The highest BCUT2D eigenvalue weighted by atomic mass is 79.9. The Kier molecular flexibility index (Phi) is 7.89. The Labute approximate surface area is 198 Å². The summed E-state index contributed by atoms with van der Waals surface area (Å²) < 4.78 is 5.75. The average Bonchev–Trinajstić information content (AvgIpc) is 2.85. The Hall–Kier alpha value is -2.72. The van der Waals surface area contributed by atoms with Crippen molar-refractivity contribution in [3.05, 3.63) is 108 Å². The van der Waals surface area contributed by atoms with Gasteiger partial charge in [0, 0.05) is 5.92 Å². The fraction of sp³-hybridized carbons (Fsp3) is 0.286. The molecule has 164 valence electrons. The fourth-order valence-corrected chi connectivity index (χ4v) is 5.09. The van der Waals surface area contributed by atoms with Crippen molar-refractivity contribution in [2.45, 2.75) is 48.6 Å². The lowest BCUT2D eigenvalue weighted by Gasteiger charge is -2.27. The van der Waals surface area contributed by atoms with Crippen molar-refractivity contribution in [3.63, 3.8) is 0 Å². The van der Waals surface area contributed by atoms with Crippen molar-refractivity contribution < 1.29 is 9.53 Å². The molecule has 0 saturated heterocycles. The Morgan fingerprint density at radius 1 is 0.812 bits per heavy atom. The normalized spacial score (nSPS) is 19.7. The number of carbonyl (C=O) groups excluding carboxylic acids is 1. The van der Waals surface area contributed by atoms with Crippen molar-refractivity contribution >= 4 is 28.1 Å². The zero-order chi connectivity index (χ0) is 22.2. The second-order valence-electron chi connectivity index (χ2n) is 8.21. The first-order valence-electron chi connectivity index (χ1n) is 11.2. The monoisotopic (exact) mass is 489 g/mol. The molecule has 3 nitrogen and oxygen atoms in total. The van der Waals surface area contributed by atoms with Gasteiger partial charge in [-0.15, -0.1) is 0 Å². The first kappa shape index (κ1) is 22.5. The molecule has 0 amide bonds. The molecule has 1 fully saturated rings. The van der Waals surface area contributed by atoms with Crippen LogP contribution in [0.1, 0.15) is 54.3 Å². The molecule has 4 heteroatoms. The molecular formula is C28H28BrNO2. The molecule has 3 aromatic carbocycles. The van der Waals surface area contributed by atoms with Gasteiger partial charge < -0.3 is 4.74 Å². The minimum atomic E-state index is -0.373. The molecule has 1 saturated carbocycles. The number of aliphatic imine (C=N–C) groups is 1. The van der Waals surface area contributed by atoms with Crippen molar-refractivity contribution in [1.29, 1.82) is 0 Å². The Balaban J connectivity index is 1.66. The number of hydrogen-bond acceptors (Lipinski definition) is 3. The van der Waals surface area contributed by atoms with Crippen LogP contribution in [-0.4, -0.2) is 23.1 Å². The smallest absolute Gasteiger partial charge is 0.349 e. The van der Waals surface area contributed by atoms with Crippen LogP contribution in [0, 0.1) is 0 Å². The summed E-state index contributed by atoms with van der Waals surface area (Å²) in [6.07, 6.45) is 5.49. The summed E-state index contributed by atoms with van der Waals surface area (Å²) in [5.74, 6) is -0.399. The van der Waals surface area contributed by atoms with Gasteiger partial charge in [-0.2, -0.15) is 0 Å². The number of carbonyl (C=O) groups is 1. The number of halogens is 1. The molecule has 1 aliphatic rings. The minimum Gasteiger partial charge on any atom is -0.457 e. The summed E-state index contributed by atoms with van der Waals surface area (Å²) in [7, 11) is 0. The van der Waals surface area contributed by atoms with Gasteiger partial charge >= 0.3 is 5.97 Å². The molecule has 3 aromatic rings. The highest BCUT2D eigenvalue weighted by Gasteiger charge is 2.28. The van der Waals surface area contributed by atoms with Crippen LogP contribution in [-0.2, 0) is 9.53 Å². The van der Waals surface area contributed by atoms with E-state index in [0.29, 0.717) is 0 Å². The maximum Gasteiger partial charge on any atom is 0.349 e. The maximum absolute atomic E-state index is 12.7. The predicted molar refractivity (Wildman–Crippen MR) is 133 cm³/mol. The SMILES string of the molecule is O=C(C=NC(c1ccccc1)C(c1ccccc1)c1ccccc1)O[C@H]1CCCC[C@@H]1Br. The molecule has 0 aliphatic heterocycles. The van der Waals surface area contributed by atoms with Gasteiger partial charge in [-0.05, 0) is 36.0 Å². The van der Waals surface area contributed by atoms with Gasteiger partial charge in [0.2, 0.25) is 0 Å². The van der Waals surface area contributed by atoms with Gasteiger partial charge in [-0.3, -0.25) is 4.99 Å². The fourth-order valence-electron chi connectivity index (χ4n) is 4.40. The zero-order valence-corrected chi connectivity index (χ0v) is 19.6. The van der Waals surface area contributed by atoms with E-state index in [2.05, 4.69) is 52.3 Å². The number of esters is 1. The van der Waals surface area contributed by atoms with Crippen LogP contribution in [0.2, 0.25) is 0 Å². The lowest BCUT2D eigenvalue weighted by molar-refractivity contribution is -0.141. The van der Waals surface area contributed by atoms with Crippen LogP contribution in [0.5, 0.6) is 0 Å². The Bertz CT molecular complexity index is 968. The van der Waals surface area contributed by atoms with Crippen LogP contribution in [0.15, 0.2) is 96.0 Å². The quantitative estimate of drug-likeness (QED) is 0.206. The van der Waals surface area contributed by atoms with E-state index in [0.717, 1.165) is 36.0 Å². The number of alkyl halides is 1. The molecule has 0 N–H and O–H groups in total. The third kappa shape index (κ3) is 5.74. The van der Waals surface area contributed by atoms with Gasteiger partial charge in [-0.1, -0.05) is 113 Å². The van der Waals surface area contributed by atoms with Crippen LogP contribution in [0.25, 0.3) is 0 Å². The van der Waals surface area contributed by atoms with E-state index in [1.54, 1.807) is 0 Å². The van der Waals surface area contributed by atoms with E-state index in [1.807, 2.05) is 54.6 Å². The van der Waals surface area contributed by atoms with Gasteiger partial charge in [0.25, 0.3) is 0 Å². The first-order chi connectivity index (χ1) is 15.7. The van der Waals surface area contributed by atoms with Gasteiger partial charge in [0.1, 0.15) is 12.3 Å². The van der Waals surface area contributed by atoms with Gasteiger partial charge in [0.05, 0.1) is 10.9 Å². The Morgan fingerprint density at radius 2 is 1.31 bits per heavy atom. The standard InChI is InChI=1S/C28H28BrNO2/c29-24-18-10-11-19-25(24)32-26(31)20-30-28(23-16-8-3-9-17-23)27(21-12-4-1-5-13-21)22-14-6-2-7-15-22/h1-9,12-17,20,24-25,27-28H,10-11,18-19H2/t24-,25-,28?/m0/s1. The largest absolute Gasteiger partial charge is 0.457 e. The maximum atomic E-state index is 12.7. The van der Waals surface area contributed by atoms with E-state index < -0.39 is 0 Å². The van der Waals surface area contributed by atoms with Crippen LogP contribution < -0.4 is 0 Å². The first-order valence-corrected chi connectivity index (χ1v) is 12.2. The number of hydrogen-bond donors (Lipinski definition) is 0. The lowest BCUT2D eigenvalue weighted by atomic mass is 9.82.